The number of thiazole rings is 1. The van der Waals surface area contributed by atoms with Crippen LogP contribution in [0.2, 0.25) is 0 Å². The molecule has 1 aliphatic heterocycles. The average molecular weight is 488 g/mol. The van der Waals surface area contributed by atoms with Crippen molar-refractivity contribution in [1.29, 1.82) is 5.26 Å². The molecule has 1 N–H and O–H groups in total. The molecule has 1 amide bonds. The molecule has 0 aliphatic carbocycles. The van der Waals surface area contributed by atoms with Crippen LogP contribution < -0.4 is 10.2 Å². The number of rotatable bonds is 8. The molecule has 0 radical (unpaired) electrons. The Morgan fingerprint density at radius 2 is 1.77 bits per heavy atom. The van der Waals surface area contributed by atoms with E-state index in [1.807, 2.05) is 18.2 Å². The first-order valence-electron chi connectivity index (χ1n) is 12.2. The molecule has 182 valence electrons. The van der Waals surface area contributed by atoms with Crippen LogP contribution in [0.4, 0.5) is 5.13 Å². The van der Waals surface area contributed by atoms with Crippen molar-refractivity contribution in [1.82, 2.24) is 15.2 Å². The fraction of sp³-hybridized carbons (Fsp3) is 0.393. The predicted octanol–water partition coefficient (Wildman–Crippen LogP) is 5.00. The van der Waals surface area contributed by atoms with Crippen molar-refractivity contribution in [3.63, 3.8) is 0 Å². The lowest BCUT2D eigenvalue weighted by molar-refractivity contribution is -0.122. The molecule has 0 saturated carbocycles. The Kier molecular flexibility index (Phi) is 8.17. The number of carbonyl (C=O) groups is 1. The molecule has 1 unspecified atom stereocenters. The van der Waals surface area contributed by atoms with E-state index in [-0.39, 0.29) is 18.4 Å². The number of nitrogens with one attached hydrogen (secondary N) is 1. The summed E-state index contributed by atoms with van der Waals surface area (Å²) in [6.07, 6.45) is 0.731. The molecule has 35 heavy (non-hydrogen) atoms. The molecule has 0 spiro atoms. The maximum Gasteiger partial charge on any atom is 0.228 e. The summed E-state index contributed by atoms with van der Waals surface area (Å²) in [6.45, 7) is 8.40. The Bertz CT molecular complexity index is 1190. The molecule has 1 fully saturated rings. The van der Waals surface area contributed by atoms with Gasteiger partial charge in [0.2, 0.25) is 5.91 Å². The van der Waals surface area contributed by atoms with Crippen molar-refractivity contribution in [3.8, 4) is 28.5 Å². The summed E-state index contributed by atoms with van der Waals surface area (Å²) in [7, 11) is 2.16. The zero-order valence-electron chi connectivity index (χ0n) is 20.7. The molecule has 0 bridgehead atoms. The Hall–Kier alpha value is -3.21. The highest BCUT2D eigenvalue weighted by molar-refractivity contribution is 7.14. The molecule has 1 atom stereocenters. The van der Waals surface area contributed by atoms with Crippen LogP contribution in [0.5, 0.6) is 0 Å². The van der Waals surface area contributed by atoms with Gasteiger partial charge in [-0.15, -0.1) is 11.3 Å². The van der Waals surface area contributed by atoms with Crippen molar-refractivity contribution >= 4 is 22.4 Å². The van der Waals surface area contributed by atoms with Gasteiger partial charge in [-0.1, -0.05) is 56.3 Å². The summed E-state index contributed by atoms with van der Waals surface area (Å²) in [5, 5.41) is 14.8. The third-order valence-corrected chi connectivity index (χ3v) is 7.31. The van der Waals surface area contributed by atoms with Gasteiger partial charge in [0.15, 0.2) is 5.13 Å². The van der Waals surface area contributed by atoms with Crippen LogP contribution in [-0.2, 0) is 4.79 Å². The van der Waals surface area contributed by atoms with E-state index in [9.17, 15) is 4.79 Å². The molecule has 1 saturated heterocycles. The highest BCUT2D eigenvalue weighted by Crippen LogP contribution is 2.32. The predicted molar refractivity (Wildman–Crippen MR) is 144 cm³/mol. The minimum atomic E-state index is -0.281. The molecule has 3 aromatic rings. The van der Waals surface area contributed by atoms with Crippen LogP contribution in [-0.4, -0.2) is 55.6 Å². The number of piperazine rings is 1. The van der Waals surface area contributed by atoms with Crippen LogP contribution in [0.3, 0.4) is 0 Å². The van der Waals surface area contributed by atoms with Crippen LogP contribution in [0.25, 0.3) is 22.4 Å². The highest BCUT2D eigenvalue weighted by atomic mass is 32.1. The van der Waals surface area contributed by atoms with E-state index in [2.05, 4.69) is 77.8 Å². The first-order valence-corrected chi connectivity index (χ1v) is 13.1. The molecular weight excluding hydrogens is 454 g/mol. The quantitative estimate of drug-likeness (QED) is 0.453. The number of carbonyl (C=O) groups excluding carboxylic acids is 1. The van der Waals surface area contributed by atoms with Crippen LogP contribution in [0.15, 0.2) is 53.9 Å². The van der Waals surface area contributed by atoms with Crippen molar-refractivity contribution in [2.24, 2.45) is 5.92 Å². The van der Waals surface area contributed by atoms with Gasteiger partial charge in [-0.25, -0.2) is 4.98 Å². The second-order valence-corrected chi connectivity index (χ2v) is 10.4. The first kappa shape index (κ1) is 24.9. The van der Waals surface area contributed by atoms with Gasteiger partial charge in [0.25, 0.3) is 0 Å². The molecule has 2 heterocycles. The van der Waals surface area contributed by atoms with Gasteiger partial charge in [0.1, 0.15) is 6.54 Å². The third kappa shape index (κ3) is 6.27. The number of hydrogen-bond acceptors (Lipinski definition) is 6. The molecule has 4 rings (SSSR count). The van der Waals surface area contributed by atoms with E-state index in [0.717, 1.165) is 65.7 Å². The summed E-state index contributed by atoms with van der Waals surface area (Å²) < 4.78 is 0. The van der Waals surface area contributed by atoms with Gasteiger partial charge in [-0.3, -0.25) is 4.79 Å². The minimum Gasteiger partial charge on any atom is -0.346 e. The van der Waals surface area contributed by atoms with Gasteiger partial charge in [-0.2, -0.15) is 5.26 Å². The van der Waals surface area contributed by atoms with Crippen molar-refractivity contribution in [2.45, 2.75) is 26.2 Å². The normalized spacial score (nSPS) is 15.1. The average Bonchev–Trinajstić information content (AvgIpc) is 3.37. The lowest BCUT2D eigenvalue weighted by Gasteiger charge is -2.32. The number of nitrogens with zero attached hydrogens (tertiary/aromatic N) is 4. The molecule has 1 aliphatic rings. The third-order valence-electron chi connectivity index (χ3n) is 6.41. The summed E-state index contributed by atoms with van der Waals surface area (Å²) in [5.74, 6) is -0.0137. The topological polar surface area (TPSA) is 72.3 Å². The zero-order chi connectivity index (χ0) is 24.8. The summed E-state index contributed by atoms with van der Waals surface area (Å²) in [6, 6.07) is 18.7. The Balaban J connectivity index is 1.57. The van der Waals surface area contributed by atoms with Crippen molar-refractivity contribution < 1.29 is 4.79 Å². The Morgan fingerprint density at radius 1 is 1.09 bits per heavy atom. The molecular formula is C28H33N5OS. The van der Waals surface area contributed by atoms with E-state index in [1.54, 1.807) is 11.3 Å². The fourth-order valence-corrected chi connectivity index (χ4v) is 5.34. The van der Waals surface area contributed by atoms with Crippen molar-refractivity contribution in [2.75, 3.05) is 44.7 Å². The molecule has 2 aromatic carbocycles. The Morgan fingerprint density at radius 3 is 2.49 bits per heavy atom. The lowest BCUT2D eigenvalue weighted by Crippen LogP contribution is -2.44. The van der Waals surface area contributed by atoms with E-state index < -0.39 is 0 Å². The van der Waals surface area contributed by atoms with Gasteiger partial charge in [0, 0.05) is 37.1 Å². The van der Waals surface area contributed by atoms with Crippen LogP contribution in [0.1, 0.15) is 31.7 Å². The maximum absolute atomic E-state index is 12.8. The number of likely N-dealkylation sites (N-methyl/N-ethyl adjacent to an activating group) is 1. The Labute approximate surface area is 212 Å². The summed E-state index contributed by atoms with van der Waals surface area (Å²) in [4.78, 5) is 22.5. The second-order valence-electron chi connectivity index (χ2n) is 9.57. The van der Waals surface area contributed by atoms with E-state index in [4.69, 9.17) is 10.2 Å². The van der Waals surface area contributed by atoms with Gasteiger partial charge >= 0.3 is 0 Å². The molecule has 6 nitrogen and oxygen atoms in total. The first-order chi connectivity index (χ1) is 16.9. The van der Waals surface area contributed by atoms with Crippen LogP contribution in [0, 0.1) is 17.2 Å². The van der Waals surface area contributed by atoms with Gasteiger partial charge in [0.05, 0.1) is 17.7 Å². The number of amides is 1. The van der Waals surface area contributed by atoms with Gasteiger partial charge in [-0.05, 0) is 42.1 Å². The number of aromatic nitrogens is 1. The molecule has 1 aromatic heterocycles. The second kappa shape index (κ2) is 11.5. The number of benzene rings is 2. The zero-order valence-corrected chi connectivity index (χ0v) is 21.5. The largest absolute Gasteiger partial charge is 0.346 e. The van der Waals surface area contributed by atoms with E-state index in [1.165, 1.54) is 0 Å². The summed E-state index contributed by atoms with van der Waals surface area (Å²) >= 11 is 1.70. The highest BCUT2D eigenvalue weighted by Gasteiger charge is 2.22. The number of nitriles is 1. The maximum atomic E-state index is 12.8. The van der Waals surface area contributed by atoms with Gasteiger partial charge < -0.3 is 15.1 Å². The fourth-order valence-electron chi connectivity index (χ4n) is 4.45. The van der Waals surface area contributed by atoms with Crippen molar-refractivity contribution in [3.05, 3.63) is 59.5 Å². The standard InChI is InChI=1S/C28H33N5OS/c1-20(2)16-25(27(34)30-11-10-29)23-8-4-6-21(17-23)22-7-5-9-24(18-22)26-19-35-28(31-26)33-14-12-32(3)13-15-33/h4-9,17-20,25H,11-16H2,1-3H3,(H,30,34). The van der Waals surface area contributed by atoms with E-state index in [0.29, 0.717) is 5.92 Å². The van der Waals surface area contributed by atoms with E-state index >= 15 is 0 Å². The summed E-state index contributed by atoms with van der Waals surface area (Å²) in [5.41, 5.74) is 5.23. The smallest absolute Gasteiger partial charge is 0.228 e. The number of anilines is 1. The minimum absolute atomic E-state index is 0.0267. The SMILES string of the molecule is CC(C)CC(C(=O)NCC#N)c1cccc(-c2cccc(-c3csc(N4CCN(C)CC4)n3)c2)c1. The van der Waals surface area contributed by atoms with Crippen LogP contribution >= 0.6 is 11.3 Å². The monoisotopic (exact) mass is 487 g/mol. The lowest BCUT2D eigenvalue weighted by atomic mass is 9.87. The molecule has 7 heteroatoms. The number of hydrogen-bond donors (Lipinski definition) is 1.